The second-order valence-corrected chi connectivity index (χ2v) is 5.50. The molecular weight excluding hydrogens is 360 g/mol. The van der Waals surface area contributed by atoms with Crippen LogP contribution in [-0.2, 0) is 4.74 Å². The minimum atomic E-state index is -2.96. The number of Topliss-reactive ketones (excluding diaryl/α,β-unsaturated/α-hetero) is 1. The standard InChI is InChI=1S/C19H13F2NO5/c20-19(21)27-12-7-5-11(6-8-12)16(23)10-26-18(25)14-9-17(24)22-15-4-2-1-3-13(14)15/h1-9,19H,10H2,(H,22,24). The van der Waals surface area contributed by atoms with Crippen LogP contribution in [0.2, 0.25) is 0 Å². The Morgan fingerprint density at radius 1 is 1.04 bits per heavy atom. The number of esters is 1. The first-order valence-corrected chi connectivity index (χ1v) is 7.81. The first kappa shape index (κ1) is 18.2. The Morgan fingerprint density at radius 3 is 2.44 bits per heavy atom. The number of fused-ring (bicyclic) bond motifs is 1. The van der Waals surface area contributed by atoms with Crippen molar-refractivity contribution in [3.8, 4) is 5.75 Å². The number of nitrogens with one attached hydrogen (secondary N) is 1. The molecule has 0 fully saturated rings. The molecule has 0 saturated carbocycles. The number of aromatic amines is 1. The molecule has 27 heavy (non-hydrogen) atoms. The van der Waals surface area contributed by atoms with E-state index in [1.807, 2.05) is 0 Å². The predicted molar refractivity (Wildman–Crippen MR) is 92.3 cm³/mol. The van der Waals surface area contributed by atoms with E-state index in [-0.39, 0.29) is 16.9 Å². The fourth-order valence-corrected chi connectivity index (χ4v) is 2.49. The molecule has 0 bridgehead atoms. The van der Waals surface area contributed by atoms with Crippen LogP contribution in [0, 0.1) is 0 Å². The Morgan fingerprint density at radius 2 is 1.74 bits per heavy atom. The molecule has 0 radical (unpaired) electrons. The van der Waals surface area contributed by atoms with Gasteiger partial charge in [0.15, 0.2) is 12.4 Å². The molecule has 1 aromatic heterocycles. The molecule has 3 aromatic rings. The predicted octanol–water partition coefficient (Wildman–Crippen LogP) is 3.17. The summed E-state index contributed by atoms with van der Waals surface area (Å²) in [5.41, 5.74) is 0.211. The summed E-state index contributed by atoms with van der Waals surface area (Å²) < 4.78 is 33.4. The summed E-state index contributed by atoms with van der Waals surface area (Å²) >= 11 is 0. The van der Waals surface area contributed by atoms with Crippen molar-refractivity contribution < 1.29 is 27.8 Å². The van der Waals surface area contributed by atoms with Gasteiger partial charge in [-0.1, -0.05) is 18.2 Å². The van der Waals surface area contributed by atoms with Crippen LogP contribution < -0.4 is 10.3 Å². The monoisotopic (exact) mass is 373 g/mol. The number of ether oxygens (including phenoxy) is 2. The fourth-order valence-electron chi connectivity index (χ4n) is 2.49. The highest BCUT2D eigenvalue weighted by Gasteiger charge is 2.16. The number of aromatic nitrogens is 1. The molecule has 0 unspecified atom stereocenters. The number of rotatable bonds is 6. The second kappa shape index (κ2) is 7.77. The van der Waals surface area contributed by atoms with Crippen molar-refractivity contribution in [2.75, 3.05) is 6.61 Å². The smallest absolute Gasteiger partial charge is 0.387 e. The number of pyridine rings is 1. The summed E-state index contributed by atoms with van der Waals surface area (Å²) in [7, 11) is 0. The normalized spacial score (nSPS) is 10.8. The van der Waals surface area contributed by atoms with Gasteiger partial charge < -0.3 is 14.5 Å². The van der Waals surface area contributed by atoms with Crippen molar-refractivity contribution >= 4 is 22.7 Å². The minimum Gasteiger partial charge on any atom is -0.454 e. The lowest BCUT2D eigenvalue weighted by Gasteiger charge is -2.08. The molecule has 0 saturated heterocycles. The molecule has 2 aromatic carbocycles. The maximum Gasteiger partial charge on any atom is 0.387 e. The van der Waals surface area contributed by atoms with Crippen molar-refractivity contribution in [1.82, 2.24) is 4.98 Å². The molecule has 0 aliphatic heterocycles. The third kappa shape index (κ3) is 4.35. The van der Waals surface area contributed by atoms with E-state index in [1.54, 1.807) is 24.3 Å². The maximum absolute atomic E-state index is 12.3. The van der Waals surface area contributed by atoms with E-state index in [2.05, 4.69) is 9.72 Å². The molecule has 6 nitrogen and oxygen atoms in total. The number of alkyl halides is 2. The van der Waals surface area contributed by atoms with Gasteiger partial charge in [0, 0.05) is 22.5 Å². The highest BCUT2D eigenvalue weighted by molar-refractivity contribution is 6.05. The minimum absolute atomic E-state index is 0.0443. The maximum atomic E-state index is 12.3. The second-order valence-electron chi connectivity index (χ2n) is 5.50. The quantitative estimate of drug-likeness (QED) is 0.530. The van der Waals surface area contributed by atoms with E-state index in [1.165, 1.54) is 24.3 Å². The van der Waals surface area contributed by atoms with Crippen LogP contribution in [0.1, 0.15) is 20.7 Å². The number of hydrogen-bond acceptors (Lipinski definition) is 5. The number of para-hydroxylation sites is 1. The zero-order chi connectivity index (χ0) is 19.4. The number of benzene rings is 2. The Labute approximate surface area is 151 Å². The Kier molecular flexibility index (Phi) is 5.25. The van der Waals surface area contributed by atoms with Gasteiger partial charge in [0.1, 0.15) is 5.75 Å². The largest absolute Gasteiger partial charge is 0.454 e. The lowest BCUT2D eigenvalue weighted by atomic mass is 10.1. The summed E-state index contributed by atoms with van der Waals surface area (Å²) in [5, 5.41) is 0.489. The summed E-state index contributed by atoms with van der Waals surface area (Å²) in [5.74, 6) is -1.43. The molecule has 0 aliphatic carbocycles. The third-order valence-corrected chi connectivity index (χ3v) is 3.71. The topological polar surface area (TPSA) is 85.5 Å². The summed E-state index contributed by atoms with van der Waals surface area (Å²) in [6.07, 6.45) is 0. The lowest BCUT2D eigenvalue weighted by Crippen LogP contribution is -2.17. The first-order chi connectivity index (χ1) is 12.9. The zero-order valence-electron chi connectivity index (χ0n) is 13.8. The highest BCUT2D eigenvalue weighted by atomic mass is 19.3. The van der Waals surface area contributed by atoms with E-state index in [9.17, 15) is 23.2 Å². The van der Waals surface area contributed by atoms with Gasteiger partial charge in [-0.15, -0.1) is 0 Å². The number of hydrogen-bond donors (Lipinski definition) is 1. The van der Waals surface area contributed by atoms with Gasteiger partial charge in [0.25, 0.3) is 0 Å². The molecule has 0 aliphatic rings. The number of halogens is 2. The zero-order valence-corrected chi connectivity index (χ0v) is 13.8. The highest BCUT2D eigenvalue weighted by Crippen LogP contribution is 2.17. The summed E-state index contributed by atoms with van der Waals surface area (Å²) in [6, 6.07) is 12.8. The first-order valence-electron chi connectivity index (χ1n) is 7.81. The van der Waals surface area contributed by atoms with Crippen molar-refractivity contribution in [3.05, 3.63) is 76.1 Å². The number of ketones is 1. The number of H-pyrrole nitrogens is 1. The molecule has 0 atom stereocenters. The number of carbonyl (C=O) groups is 2. The van der Waals surface area contributed by atoms with Crippen LogP contribution in [0.4, 0.5) is 8.78 Å². The Bertz CT molecular complexity index is 1040. The SMILES string of the molecule is O=C(COC(=O)c1cc(=O)[nH]c2ccccc12)c1ccc(OC(F)F)cc1. The van der Waals surface area contributed by atoms with E-state index < -0.39 is 30.5 Å². The van der Waals surface area contributed by atoms with E-state index in [0.717, 1.165) is 6.07 Å². The van der Waals surface area contributed by atoms with Gasteiger partial charge in [-0.25, -0.2) is 4.79 Å². The van der Waals surface area contributed by atoms with Crippen molar-refractivity contribution in [2.24, 2.45) is 0 Å². The Hall–Kier alpha value is -3.55. The van der Waals surface area contributed by atoms with Gasteiger partial charge in [-0.05, 0) is 30.3 Å². The van der Waals surface area contributed by atoms with Crippen LogP contribution in [0.3, 0.4) is 0 Å². The molecule has 1 heterocycles. The van der Waals surface area contributed by atoms with Gasteiger partial charge in [-0.3, -0.25) is 9.59 Å². The van der Waals surface area contributed by atoms with Gasteiger partial charge >= 0.3 is 12.6 Å². The average Bonchev–Trinajstić information content (AvgIpc) is 2.65. The van der Waals surface area contributed by atoms with Crippen molar-refractivity contribution in [2.45, 2.75) is 6.61 Å². The van der Waals surface area contributed by atoms with Crippen molar-refractivity contribution in [3.63, 3.8) is 0 Å². The Balaban J connectivity index is 1.71. The van der Waals surface area contributed by atoms with E-state index in [0.29, 0.717) is 10.9 Å². The summed E-state index contributed by atoms with van der Waals surface area (Å²) in [4.78, 5) is 38.7. The van der Waals surface area contributed by atoms with Gasteiger partial charge in [-0.2, -0.15) is 8.78 Å². The molecule has 8 heteroatoms. The lowest BCUT2D eigenvalue weighted by molar-refractivity contribution is -0.0498. The van der Waals surface area contributed by atoms with E-state index >= 15 is 0 Å². The molecule has 0 spiro atoms. The molecule has 3 rings (SSSR count). The summed E-state index contributed by atoms with van der Waals surface area (Å²) in [6.45, 7) is -3.52. The van der Waals surface area contributed by atoms with Crippen LogP contribution in [0.15, 0.2) is 59.4 Å². The van der Waals surface area contributed by atoms with Gasteiger partial charge in [0.2, 0.25) is 5.56 Å². The molecule has 138 valence electrons. The third-order valence-electron chi connectivity index (χ3n) is 3.71. The molecule has 1 N–H and O–H groups in total. The van der Waals surface area contributed by atoms with Crippen molar-refractivity contribution in [1.29, 1.82) is 0 Å². The number of carbonyl (C=O) groups excluding carboxylic acids is 2. The average molecular weight is 373 g/mol. The molecule has 0 amide bonds. The van der Waals surface area contributed by atoms with Crippen LogP contribution in [0.5, 0.6) is 5.75 Å². The fraction of sp³-hybridized carbons (Fsp3) is 0.105. The van der Waals surface area contributed by atoms with Crippen LogP contribution >= 0.6 is 0 Å². The van der Waals surface area contributed by atoms with Crippen LogP contribution in [0.25, 0.3) is 10.9 Å². The van der Waals surface area contributed by atoms with Crippen LogP contribution in [-0.4, -0.2) is 30.0 Å². The molecular formula is C19H13F2NO5. The van der Waals surface area contributed by atoms with Gasteiger partial charge in [0.05, 0.1) is 5.56 Å². The van der Waals surface area contributed by atoms with E-state index in [4.69, 9.17) is 4.74 Å².